The standard InChI is InChI=1S/C39H45NO7/c1-4-6-26-45-35-19-13-31(14-20-35)29-47-37-10-8-7-9-32(37)23-24-40(28-30-11-15-33(16-12-30)38(41)43-3)25-27-46-36-21-17-34(18-22-36)39(42)44-5-2/h7-22H,4-6,23-29H2,1-3H3. The van der Waals surface area contributed by atoms with E-state index < -0.39 is 0 Å². The number of benzene rings is 4. The summed E-state index contributed by atoms with van der Waals surface area (Å²) in [5, 5.41) is 0. The summed E-state index contributed by atoms with van der Waals surface area (Å²) in [4.78, 5) is 26.2. The molecule has 0 fully saturated rings. The van der Waals surface area contributed by atoms with Crippen LogP contribution in [0.3, 0.4) is 0 Å². The number of carbonyl (C=O) groups is 2. The molecule has 0 spiro atoms. The molecule has 0 aliphatic heterocycles. The second-order valence-corrected chi connectivity index (χ2v) is 11.1. The molecule has 0 N–H and O–H groups in total. The highest BCUT2D eigenvalue weighted by Crippen LogP contribution is 2.22. The van der Waals surface area contributed by atoms with Crippen LogP contribution in [0.25, 0.3) is 0 Å². The lowest BCUT2D eigenvalue weighted by Gasteiger charge is -2.23. The van der Waals surface area contributed by atoms with Gasteiger partial charge in [-0.3, -0.25) is 4.90 Å². The van der Waals surface area contributed by atoms with Gasteiger partial charge in [-0.1, -0.05) is 55.8 Å². The van der Waals surface area contributed by atoms with Gasteiger partial charge >= 0.3 is 11.9 Å². The quantitative estimate of drug-likeness (QED) is 0.0769. The summed E-state index contributed by atoms with van der Waals surface area (Å²) in [6.07, 6.45) is 2.92. The topological polar surface area (TPSA) is 83.5 Å². The van der Waals surface area contributed by atoms with E-state index in [4.69, 9.17) is 23.7 Å². The molecule has 0 saturated heterocycles. The van der Waals surface area contributed by atoms with Crippen molar-refractivity contribution < 1.29 is 33.3 Å². The number of nitrogens with zero attached hydrogens (tertiary/aromatic N) is 1. The molecule has 4 rings (SSSR count). The maximum atomic E-state index is 12.0. The number of unbranched alkanes of at least 4 members (excludes halogenated alkanes) is 1. The van der Waals surface area contributed by atoms with Gasteiger partial charge in [0.15, 0.2) is 0 Å². The van der Waals surface area contributed by atoms with Crippen LogP contribution >= 0.6 is 0 Å². The Morgan fingerprint density at radius 3 is 1.96 bits per heavy atom. The number of hydrogen-bond acceptors (Lipinski definition) is 8. The van der Waals surface area contributed by atoms with Gasteiger partial charge in [0.05, 0.1) is 31.5 Å². The second kappa shape index (κ2) is 19.0. The Balaban J connectivity index is 1.37. The van der Waals surface area contributed by atoms with Gasteiger partial charge in [0, 0.05) is 19.6 Å². The first-order chi connectivity index (χ1) is 23.0. The van der Waals surface area contributed by atoms with Crippen LogP contribution in [0, 0.1) is 0 Å². The van der Waals surface area contributed by atoms with Crippen LogP contribution in [0.2, 0.25) is 0 Å². The molecule has 8 heteroatoms. The van der Waals surface area contributed by atoms with Gasteiger partial charge < -0.3 is 23.7 Å². The van der Waals surface area contributed by atoms with E-state index >= 15 is 0 Å². The van der Waals surface area contributed by atoms with E-state index in [1.54, 1.807) is 43.3 Å². The molecule has 0 atom stereocenters. The minimum absolute atomic E-state index is 0.331. The van der Waals surface area contributed by atoms with Crippen LogP contribution in [0.4, 0.5) is 0 Å². The summed E-state index contributed by atoms with van der Waals surface area (Å²) in [6, 6.07) is 30.7. The van der Waals surface area contributed by atoms with Crippen molar-refractivity contribution in [3.63, 3.8) is 0 Å². The third-order valence-electron chi connectivity index (χ3n) is 7.58. The summed E-state index contributed by atoms with van der Waals surface area (Å²) < 4.78 is 28.0. The number of hydrogen-bond donors (Lipinski definition) is 0. The molecule has 0 aliphatic rings. The zero-order valence-electron chi connectivity index (χ0n) is 27.6. The van der Waals surface area contributed by atoms with Crippen molar-refractivity contribution in [1.29, 1.82) is 0 Å². The summed E-state index contributed by atoms with van der Waals surface area (Å²) in [7, 11) is 1.38. The molecule has 4 aromatic carbocycles. The maximum Gasteiger partial charge on any atom is 0.338 e. The van der Waals surface area contributed by atoms with Gasteiger partial charge in [-0.2, -0.15) is 0 Å². The molecular formula is C39H45NO7. The fraction of sp³-hybridized carbons (Fsp3) is 0.333. The van der Waals surface area contributed by atoms with Crippen molar-refractivity contribution in [1.82, 2.24) is 4.90 Å². The first-order valence-electron chi connectivity index (χ1n) is 16.2. The molecule has 0 amide bonds. The summed E-state index contributed by atoms with van der Waals surface area (Å²) in [5.41, 5.74) is 4.27. The maximum absolute atomic E-state index is 12.0. The highest BCUT2D eigenvalue weighted by atomic mass is 16.5. The van der Waals surface area contributed by atoms with Gasteiger partial charge in [-0.05, 0) is 91.1 Å². The lowest BCUT2D eigenvalue weighted by Crippen LogP contribution is -2.30. The number of carbonyl (C=O) groups excluding carboxylic acids is 2. The molecule has 0 bridgehead atoms. The predicted octanol–water partition coefficient (Wildman–Crippen LogP) is 7.53. The van der Waals surface area contributed by atoms with Crippen LogP contribution < -0.4 is 14.2 Å². The molecule has 47 heavy (non-hydrogen) atoms. The van der Waals surface area contributed by atoms with Gasteiger partial charge in [0.2, 0.25) is 0 Å². The largest absolute Gasteiger partial charge is 0.494 e. The Kier molecular flexibility index (Phi) is 14.2. The van der Waals surface area contributed by atoms with Crippen LogP contribution in [0.5, 0.6) is 17.2 Å². The van der Waals surface area contributed by atoms with Crippen molar-refractivity contribution in [3.05, 3.63) is 125 Å². The molecule has 0 radical (unpaired) electrons. The molecule has 0 heterocycles. The summed E-state index contributed by atoms with van der Waals surface area (Å²) >= 11 is 0. The van der Waals surface area contributed by atoms with Gasteiger partial charge in [-0.25, -0.2) is 9.59 Å². The number of ether oxygens (including phenoxy) is 5. The van der Waals surface area contributed by atoms with Crippen LogP contribution in [-0.2, 0) is 29.0 Å². The molecule has 0 aliphatic carbocycles. The van der Waals surface area contributed by atoms with Crippen molar-refractivity contribution in [2.75, 3.05) is 40.0 Å². The molecule has 0 unspecified atom stereocenters. The zero-order valence-corrected chi connectivity index (χ0v) is 27.6. The van der Waals surface area contributed by atoms with Crippen molar-refractivity contribution in [3.8, 4) is 17.2 Å². The first-order valence-corrected chi connectivity index (χ1v) is 16.2. The second-order valence-electron chi connectivity index (χ2n) is 11.1. The monoisotopic (exact) mass is 639 g/mol. The Hall–Kier alpha value is -4.82. The minimum atomic E-state index is -0.358. The van der Waals surface area contributed by atoms with E-state index in [0.29, 0.717) is 49.8 Å². The Labute approximate surface area is 278 Å². The van der Waals surface area contributed by atoms with Gasteiger partial charge in [0.1, 0.15) is 30.5 Å². The minimum Gasteiger partial charge on any atom is -0.494 e. The number of rotatable bonds is 19. The van der Waals surface area contributed by atoms with Crippen LogP contribution in [-0.4, -0.2) is 56.9 Å². The van der Waals surface area contributed by atoms with Crippen molar-refractivity contribution in [2.24, 2.45) is 0 Å². The molecular weight excluding hydrogens is 594 g/mol. The van der Waals surface area contributed by atoms with E-state index in [1.807, 2.05) is 54.6 Å². The van der Waals surface area contributed by atoms with Crippen LogP contribution in [0.15, 0.2) is 97.1 Å². The van der Waals surface area contributed by atoms with E-state index in [2.05, 4.69) is 17.9 Å². The SMILES string of the molecule is CCCCOc1ccc(COc2ccccc2CCN(CCOc2ccc(C(=O)OCC)cc2)Cc2ccc(C(=O)OC)cc2)cc1. The van der Waals surface area contributed by atoms with Gasteiger partial charge in [0.25, 0.3) is 0 Å². The Morgan fingerprint density at radius 1 is 0.660 bits per heavy atom. The molecule has 0 aromatic heterocycles. The average molecular weight is 640 g/mol. The van der Waals surface area contributed by atoms with E-state index in [0.717, 1.165) is 60.6 Å². The van der Waals surface area contributed by atoms with Crippen LogP contribution in [0.1, 0.15) is 64.1 Å². The molecule has 8 nitrogen and oxygen atoms in total. The fourth-order valence-corrected chi connectivity index (χ4v) is 4.89. The fourth-order valence-electron chi connectivity index (χ4n) is 4.89. The lowest BCUT2D eigenvalue weighted by atomic mass is 10.1. The lowest BCUT2D eigenvalue weighted by molar-refractivity contribution is 0.0525. The number of para-hydroxylation sites is 1. The summed E-state index contributed by atoms with van der Waals surface area (Å²) in [5.74, 6) is 1.71. The van der Waals surface area contributed by atoms with Crippen molar-refractivity contribution >= 4 is 11.9 Å². The predicted molar refractivity (Wildman–Crippen MR) is 182 cm³/mol. The van der Waals surface area contributed by atoms with Crippen molar-refractivity contribution in [2.45, 2.75) is 46.3 Å². The normalized spacial score (nSPS) is 10.8. The first kappa shape index (κ1) is 35.0. The van der Waals surface area contributed by atoms with E-state index in [1.165, 1.54) is 7.11 Å². The Bertz CT molecular complexity index is 1520. The Morgan fingerprint density at radius 2 is 1.28 bits per heavy atom. The molecule has 0 saturated carbocycles. The third-order valence-corrected chi connectivity index (χ3v) is 7.58. The summed E-state index contributed by atoms with van der Waals surface area (Å²) in [6.45, 7) is 8.00. The highest BCUT2D eigenvalue weighted by Gasteiger charge is 2.12. The van der Waals surface area contributed by atoms with Gasteiger partial charge in [-0.15, -0.1) is 0 Å². The van der Waals surface area contributed by atoms with E-state index in [-0.39, 0.29) is 11.9 Å². The van der Waals surface area contributed by atoms with E-state index in [9.17, 15) is 9.59 Å². The average Bonchev–Trinajstić information content (AvgIpc) is 3.11. The molecule has 248 valence electrons. The number of esters is 2. The number of methoxy groups -OCH3 is 1. The zero-order chi connectivity index (χ0) is 33.3. The highest BCUT2D eigenvalue weighted by molar-refractivity contribution is 5.89. The smallest absolute Gasteiger partial charge is 0.338 e. The third kappa shape index (κ3) is 11.5. The molecule has 4 aromatic rings.